The topological polar surface area (TPSA) is 40.1 Å². The first-order valence-electron chi connectivity index (χ1n) is 8.38. The van der Waals surface area contributed by atoms with Crippen molar-refractivity contribution in [3.63, 3.8) is 0 Å². The summed E-state index contributed by atoms with van der Waals surface area (Å²) >= 11 is 3.48. The number of halogens is 1. The van der Waals surface area contributed by atoms with Gasteiger partial charge in [-0.2, -0.15) is 0 Å². The van der Waals surface area contributed by atoms with Gasteiger partial charge >= 0.3 is 0 Å². The first kappa shape index (κ1) is 19.2. The van der Waals surface area contributed by atoms with Crippen LogP contribution in [0.25, 0.3) is 0 Å². The highest BCUT2D eigenvalue weighted by Gasteiger charge is 2.35. The number of guanidine groups is 1. The third kappa shape index (κ3) is 4.94. The zero-order chi connectivity index (χ0) is 17.6. The Morgan fingerprint density at radius 3 is 2.38 bits per heavy atom. The minimum Gasteiger partial charge on any atom is -0.381 e. The van der Waals surface area contributed by atoms with Gasteiger partial charge in [-0.3, -0.25) is 4.99 Å². The molecule has 1 aromatic carbocycles. The van der Waals surface area contributed by atoms with Crippen molar-refractivity contribution in [3.05, 3.63) is 34.3 Å². The Hall–Kier alpha value is -1.11. The Morgan fingerprint density at radius 2 is 1.83 bits per heavy atom. The lowest BCUT2D eigenvalue weighted by Gasteiger charge is -2.43. The summed E-state index contributed by atoms with van der Waals surface area (Å²) in [7, 11) is 8.22. The van der Waals surface area contributed by atoms with Gasteiger partial charge in [-0.1, -0.05) is 28.1 Å². The Morgan fingerprint density at radius 1 is 1.21 bits per heavy atom. The number of rotatable bonds is 5. The molecule has 2 rings (SSSR count). The third-order valence-corrected chi connectivity index (χ3v) is 5.38. The molecule has 0 aromatic heterocycles. The molecule has 1 aliphatic rings. The molecule has 24 heavy (non-hydrogen) atoms. The van der Waals surface area contributed by atoms with Crippen molar-refractivity contribution in [1.82, 2.24) is 15.1 Å². The number of aliphatic imine (C=N–C) groups is 1. The van der Waals surface area contributed by atoms with E-state index < -0.39 is 0 Å². The van der Waals surface area contributed by atoms with Crippen molar-refractivity contribution in [2.75, 3.05) is 47.9 Å². The van der Waals surface area contributed by atoms with Crippen molar-refractivity contribution in [3.8, 4) is 0 Å². The normalized spacial score (nSPS) is 17.8. The SMILES string of the molecule is CN=C(NCC1(N(C)C)CCOCC1)N(C)Cc1ccc(Br)cc1. The second-order valence-electron chi connectivity index (χ2n) is 6.61. The standard InChI is InChI=1S/C18H29BrN4O/c1-20-17(23(4)13-15-5-7-16(19)8-6-15)21-14-18(22(2)3)9-11-24-12-10-18/h5-8H,9-14H2,1-4H3,(H,20,21). The van der Waals surface area contributed by atoms with Crippen LogP contribution < -0.4 is 5.32 Å². The number of benzene rings is 1. The van der Waals surface area contributed by atoms with Gasteiger partial charge in [0.25, 0.3) is 0 Å². The minimum atomic E-state index is 0.132. The maximum Gasteiger partial charge on any atom is 0.193 e. The number of nitrogens with zero attached hydrogens (tertiary/aromatic N) is 3. The van der Waals surface area contributed by atoms with Crippen molar-refractivity contribution < 1.29 is 4.74 Å². The van der Waals surface area contributed by atoms with Crippen LogP contribution in [0.2, 0.25) is 0 Å². The molecular formula is C18H29BrN4O. The van der Waals surface area contributed by atoms with Crippen molar-refractivity contribution in [2.24, 2.45) is 4.99 Å². The van der Waals surface area contributed by atoms with Gasteiger partial charge in [0.15, 0.2) is 5.96 Å². The monoisotopic (exact) mass is 396 g/mol. The molecule has 1 aliphatic heterocycles. The van der Waals surface area contributed by atoms with Gasteiger partial charge in [0.2, 0.25) is 0 Å². The van der Waals surface area contributed by atoms with E-state index >= 15 is 0 Å². The second kappa shape index (κ2) is 8.83. The minimum absolute atomic E-state index is 0.132. The van der Waals surface area contributed by atoms with E-state index in [0.29, 0.717) is 0 Å². The molecule has 0 amide bonds. The molecule has 1 N–H and O–H groups in total. The molecule has 0 radical (unpaired) electrons. The molecule has 0 spiro atoms. The molecule has 1 heterocycles. The largest absolute Gasteiger partial charge is 0.381 e. The molecule has 1 aromatic rings. The first-order valence-corrected chi connectivity index (χ1v) is 9.17. The van der Waals surface area contributed by atoms with E-state index in [0.717, 1.165) is 49.6 Å². The van der Waals surface area contributed by atoms with Crippen LogP contribution in [0.1, 0.15) is 18.4 Å². The van der Waals surface area contributed by atoms with E-state index in [-0.39, 0.29) is 5.54 Å². The maximum atomic E-state index is 5.55. The van der Waals surface area contributed by atoms with Gasteiger partial charge in [0.05, 0.1) is 0 Å². The number of hydrogen-bond acceptors (Lipinski definition) is 3. The quantitative estimate of drug-likeness (QED) is 0.613. The number of ether oxygens (including phenoxy) is 1. The molecule has 0 unspecified atom stereocenters. The van der Waals surface area contributed by atoms with E-state index in [1.165, 1.54) is 5.56 Å². The molecule has 1 fully saturated rings. The summed E-state index contributed by atoms with van der Waals surface area (Å²) < 4.78 is 6.65. The maximum absolute atomic E-state index is 5.55. The highest BCUT2D eigenvalue weighted by molar-refractivity contribution is 9.10. The van der Waals surface area contributed by atoms with Crippen LogP contribution in [0, 0.1) is 0 Å². The summed E-state index contributed by atoms with van der Waals surface area (Å²) in [6, 6.07) is 8.41. The molecular weight excluding hydrogens is 368 g/mol. The van der Waals surface area contributed by atoms with E-state index in [1.807, 2.05) is 7.05 Å². The average Bonchev–Trinajstić information content (AvgIpc) is 2.58. The number of nitrogens with one attached hydrogen (secondary N) is 1. The predicted molar refractivity (Wildman–Crippen MR) is 103 cm³/mol. The average molecular weight is 397 g/mol. The van der Waals surface area contributed by atoms with Crippen molar-refractivity contribution >= 4 is 21.9 Å². The number of hydrogen-bond donors (Lipinski definition) is 1. The fourth-order valence-electron chi connectivity index (χ4n) is 3.10. The lowest BCUT2D eigenvalue weighted by molar-refractivity contribution is -0.00522. The van der Waals surface area contributed by atoms with Gasteiger partial charge < -0.3 is 19.9 Å². The Balaban J connectivity index is 1.96. The predicted octanol–water partition coefficient (Wildman–Crippen LogP) is 2.57. The van der Waals surface area contributed by atoms with Gasteiger partial charge in [-0.25, -0.2) is 0 Å². The van der Waals surface area contributed by atoms with Crippen LogP contribution in [0.4, 0.5) is 0 Å². The van der Waals surface area contributed by atoms with E-state index in [1.54, 1.807) is 0 Å². The highest BCUT2D eigenvalue weighted by atomic mass is 79.9. The van der Waals surface area contributed by atoms with Crippen LogP contribution in [-0.2, 0) is 11.3 Å². The molecule has 134 valence electrons. The van der Waals surface area contributed by atoms with Gasteiger partial charge in [0.1, 0.15) is 0 Å². The summed E-state index contributed by atoms with van der Waals surface area (Å²) in [5, 5.41) is 3.56. The Bertz CT molecular complexity index is 538. The van der Waals surface area contributed by atoms with Crippen LogP contribution in [0.5, 0.6) is 0 Å². The lowest BCUT2D eigenvalue weighted by atomic mass is 9.88. The van der Waals surface area contributed by atoms with Crippen LogP contribution in [-0.4, -0.2) is 69.2 Å². The number of likely N-dealkylation sites (N-methyl/N-ethyl adjacent to an activating group) is 1. The molecule has 5 nitrogen and oxygen atoms in total. The fourth-order valence-corrected chi connectivity index (χ4v) is 3.36. The molecule has 6 heteroatoms. The third-order valence-electron chi connectivity index (χ3n) is 4.85. The molecule has 1 saturated heterocycles. The fraction of sp³-hybridized carbons (Fsp3) is 0.611. The molecule has 0 aliphatic carbocycles. The first-order chi connectivity index (χ1) is 11.5. The summed E-state index contributed by atoms with van der Waals surface area (Å²) in [5.74, 6) is 0.922. The lowest BCUT2D eigenvalue weighted by Crippen LogP contribution is -2.57. The highest BCUT2D eigenvalue weighted by Crippen LogP contribution is 2.25. The van der Waals surface area contributed by atoms with Crippen molar-refractivity contribution in [2.45, 2.75) is 24.9 Å². The Labute approximate surface area is 154 Å². The summed E-state index contributed by atoms with van der Waals surface area (Å²) in [5.41, 5.74) is 1.39. The van der Waals surface area contributed by atoms with Crippen LogP contribution >= 0.6 is 15.9 Å². The summed E-state index contributed by atoms with van der Waals surface area (Å²) in [6.45, 7) is 3.35. The van der Waals surface area contributed by atoms with E-state index in [9.17, 15) is 0 Å². The zero-order valence-electron chi connectivity index (χ0n) is 15.2. The van der Waals surface area contributed by atoms with Gasteiger partial charge in [-0.15, -0.1) is 0 Å². The van der Waals surface area contributed by atoms with Crippen molar-refractivity contribution in [1.29, 1.82) is 0 Å². The molecule has 0 saturated carbocycles. The summed E-state index contributed by atoms with van der Waals surface area (Å²) in [4.78, 5) is 8.93. The summed E-state index contributed by atoms with van der Waals surface area (Å²) in [6.07, 6.45) is 2.08. The van der Waals surface area contributed by atoms with Crippen LogP contribution in [0.15, 0.2) is 33.7 Å². The molecule has 0 atom stereocenters. The van der Waals surface area contributed by atoms with Crippen LogP contribution in [0.3, 0.4) is 0 Å². The van der Waals surface area contributed by atoms with Gasteiger partial charge in [0, 0.05) is 50.4 Å². The smallest absolute Gasteiger partial charge is 0.193 e. The molecule has 0 bridgehead atoms. The second-order valence-corrected chi connectivity index (χ2v) is 7.53. The Kier molecular flexibility index (Phi) is 7.07. The van der Waals surface area contributed by atoms with E-state index in [4.69, 9.17) is 4.74 Å². The zero-order valence-corrected chi connectivity index (χ0v) is 16.8. The van der Waals surface area contributed by atoms with Gasteiger partial charge in [-0.05, 0) is 44.6 Å². The van der Waals surface area contributed by atoms with E-state index in [2.05, 4.69) is 81.4 Å².